The highest BCUT2D eigenvalue weighted by Crippen LogP contribution is 2.18. The van der Waals surface area contributed by atoms with Crippen LogP contribution >= 0.6 is 0 Å². The molecule has 108 valence electrons. The Kier molecular flexibility index (Phi) is 3.65. The van der Waals surface area contributed by atoms with Crippen LogP contribution in [0.15, 0.2) is 54.6 Å². The summed E-state index contributed by atoms with van der Waals surface area (Å²) in [5, 5.41) is 30.5. The van der Waals surface area contributed by atoms with Crippen LogP contribution in [0.3, 0.4) is 0 Å². The van der Waals surface area contributed by atoms with E-state index < -0.39 is 0 Å². The molecule has 0 saturated heterocycles. The van der Waals surface area contributed by atoms with Gasteiger partial charge in [-0.2, -0.15) is 15.3 Å². The Bertz CT molecular complexity index is 893. The highest BCUT2D eigenvalue weighted by Gasteiger charge is 2.17. The SMILES string of the molecule is N#Cc1cccc(-c2cccc(-c3cccc(C#N)n3)[n+]2[O-])n1. The molecular formula is C17H9N5O. The smallest absolute Gasteiger partial charge is 0.242 e. The maximum absolute atomic E-state index is 12.6. The normalized spacial score (nSPS) is 9.83. The fourth-order valence-corrected chi connectivity index (χ4v) is 2.15. The molecule has 6 nitrogen and oxygen atoms in total. The van der Waals surface area contributed by atoms with Crippen molar-refractivity contribution in [3.05, 3.63) is 71.2 Å². The van der Waals surface area contributed by atoms with Gasteiger partial charge in [0.2, 0.25) is 11.4 Å². The third kappa shape index (κ3) is 2.69. The van der Waals surface area contributed by atoms with E-state index in [1.807, 2.05) is 12.1 Å². The van der Waals surface area contributed by atoms with Gasteiger partial charge in [0, 0.05) is 12.1 Å². The average molecular weight is 299 g/mol. The fraction of sp³-hybridized carbons (Fsp3) is 0. The first-order valence-corrected chi connectivity index (χ1v) is 6.70. The van der Waals surface area contributed by atoms with E-state index in [0.717, 1.165) is 0 Å². The van der Waals surface area contributed by atoms with E-state index in [2.05, 4.69) is 9.97 Å². The van der Waals surface area contributed by atoms with Crippen molar-refractivity contribution in [2.45, 2.75) is 0 Å². The van der Waals surface area contributed by atoms with Crippen LogP contribution in [-0.4, -0.2) is 9.97 Å². The van der Waals surface area contributed by atoms with Crippen molar-refractivity contribution in [1.82, 2.24) is 9.97 Å². The van der Waals surface area contributed by atoms with Crippen LogP contribution in [0.5, 0.6) is 0 Å². The number of pyridine rings is 3. The Morgan fingerprint density at radius 3 is 1.61 bits per heavy atom. The van der Waals surface area contributed by atoms with Gasteiger partial charge in [-0.25, -0.2) is 9.97 Å². The van der Waals surface area contributed by atoms with Crippen molar-refractivity contribution in [2.24, 2.45) is 0 Å². The molecule has 0 bridgehead atoms. The maximum atomic E-state index is 12.6. The molecule has 0 atom stereocenters. The summed E-state index contributed by atoms with van der Waals surface area (Å²) in [6, 6.07) is 18.6. The Balaban J connectivity index is 2.15. The number of aromatic nitrogens is 3. The Hall–Kier alpha value is -3.77. The lowest BCUT2D eigenvalue weighted by atomic mass is 10.2. The van der Waals surface area contributed by atoms with Crippen molar-refractivity contribution in [3.63, 3.8) is 0 Å². The minimum absolute atomic E-state index is 0.234. The third-order valence-electron chi connectivity index (χ3n) is 3.20. The van der Waals surface area contributed by atoms with Gasteiger partial charge in [-0.1, -0.05) is 12.1 Å². The summed E-state index contributed by atoms with van der Waals surface area (Å²) in [5.41, 5.74) is 1.89. The van der Waals surface area contributed by atoms with E-state index in [0.29, 0.717) is 27.5 Å². The molecule has 0 aromatic carbocycles. The summed E-state index contributed by atoms with van der Waals surface area (Å²) >= 11 is 0. The zero-order valence-corrected chi connectivity index (χ0v) is 11.8. The first-order valence-electron chi connectivity index (χ1n) is 6.70. The Morgan fingerprint density at radius 1 is 0.739 bits per heavy atom. The van der Waals surface area contributed by atoms with E-state index >= 15 is 0 Å². The second kappa shape index (κ2) is 5.92. The average Bonchev–Trinajstić information content (AvgIpc) is 2.62. The zero-order chi connectivity index (χ0) is 16.2. The van der Waals surface area contributed by atoms with Crippen LogP contribution in [0.25, 0.3) is 22.8 Å². The monoisotopic (exact) mass is 299 g/mol. The molecule has 0 N–H and O–H groups in total. The molecule has 0 aliphatic carbocycles. The number of rotatable bonds is 2. The quantitative estimate of drug-likeness (QED) is 0.533. The predicted octanol–water partition coefficient (Wildman–Crippen LogP) is 2.19. The van der Waals surface area contributed by atoms with E-state index in [1.54, 1.807) is 54.6 Å². The second-order valence-electron chi connectivity index (χ2n) is 4.63. The first-order chi connectivity index (χ1) is 11.2. The minimum Gasteiger partial charge on any atom is -0.618 e. The van der Waals surface area contributed by atoms with E-state index in [-0.39, 0.29) is 11.4 Å². The van der Waals surface area contributed by atoms with Crippen LogP contribution in [0.2, 0.25) is 0 Å². The van der Waals surface area contributed by atoms with Gasteiger partial charge in [-0.15, -0.1) is 0 Å². The molecule has 0 radical (unpaired) electrons. The summed E-state index contributed by atoms with van der Waals surface area (Å²) in [6.07, 6.45) is 0. The van der Waals surface area contributed by atoms with Gasteiger partial charge in [-0.3, -0.25) is 0 Å². The van der Waals surface area contributed by atoms with Gasteiger partial charge in [0.25, 0.3) is 0 Å². The molecule has 0 aliphatic heterocycles. The van der Waals surface area contributed by atoms with Gasteiger partial charge < -0.3 is 5.21 Å². The van der Waals surface area contributed by atoms with Crippen molar-refractivity contribution in [1.29, 1.82) is 10.5 Å². The molecule has 0 aliphatic rings. The standard InChI is InChI=1S/C17H9N5O/c18-10-12-4-1-6-14(20-12)16-8-3-9-17(22(16)23)15-7-2-5-13(11-19)21-15/h1-9H. The summed E-state index contributed by atoms with van der Waals surface area (Å²) in [6.45, 7) is 0. The molecule has 0 spiro atoms. The number of hydrogen-bond donors (Lipinski definition) is 0. The van der Waals surface area contributed by atoms with Gasteiger partial charge in [0.05, 0.1) is 0 Å². The largest absolute Gasteiger partial charge is 0.618 e. The Labute approximate surface area is 132 Å². The van der Waals surface area contributed by atoms with Crippen molar-refractivity contribution < 1.29 is 4.73 Å². The molecule has 3 rings (SSSR count). The summed E-state index contributed by atoms with van der Waals surface area (Å²) in [4.78, 5) is 8.27. The van der Waals surface area contributed by atoms with Crippen LogP contribution < -0.4 is 4.73 Å². The van der Waals surface area contributed by atoms with Gasteiger partial charge in [-0.05, 0) is 30.3 Å². The van der Waals surface area contributed by atoms with Crippen molar-refractivity contribution in [2.75, 3.05) is 0 Å². The third-order valence-corrected chi connectivity index (χ3v) is 3.20. The lowest BCUT2D eigenvalue weighted by Gasteiger charge is -2.08. The molecule has 0 unspecified atom stereocenters. The van der Waals surface area contributed by atoms with Crippen LogP contribution in [-0.2, 0) is 0 Å². The van der Waals surface area contributed by atoms with Crippen LogP contribution in [0.4, 0.5) is 0 Å². The minimum atomic E-state index is 0.234. The molecule has 0 saturated carbocycles. The molecule has 6 heteroatoms. The highest BCUT2D eigenvalue weighted by molar-refractivity contribution is 5.57. The summed E-state index contributed by atoms with van der Waals surface area (Å²) < 4.78 is 0.701. The van der Waals surface area contributed by atoms with E-state index in [4.69, 9.17) is 10.5 Å². The van der Waals surface area contributed by atoms with Gasteiger partial charge >= 0.3 is 0 Å². The second-order valence-corrected chi connectivity index (χ2v) is 4.63. The van der Waals surface area contributed by atoms with Crippen molar-refractivity contribution >= 4 is 0 Å². The van der Waals surface area contributed by atoms with Gasteiger partial charge in [0.15, 0.2) is 0 Å². The summed E-state index contributed by atoms with van der Waals surface area (Å²) in [7, 11) is 0. The first kappa shape index (κ1) is 14.2. The molecule has 3 aromatic rings. The summed E-state index contributed by atoms with van der Waals surface area (Å²) in [5.74, 6) is 0. The Morgan fingerprint density at radius 2 is 1.17 bits per heavy atom. The molecule has 23 heavy (non-hydrogen) atoms. The van der Waals surface area contributed by atoms with Gasteiger partial charge in [0.1, 0.15) is 34.9 Å². The molecule has 3 aromatic heterocycles. The van der Waals surface area contributed by atoms with Crippen LogP contribution in [0.1, 0.15) is 11.4 Å². The highest BCUT2D eigenvalue weighted by atomic mass is 16.5. The van der Waals surface area contributed by atoms with Crippen molar-refractivity contribution in [3.8, 4) is 34.9 Å². The topological polar surface area (TPSA) is 100 Å². The zero-order valence-electron chi connectivity index (χ0n) is 11.8. The molecule has 0 amide bonds. The fourth-order valence-electron chi connectivity index (χ4n) is 2.15. The van der Waals surface area contributed by atoms with E-state index in [1.165, 1.54) is 0 Å². The van der Waals surface area contributed by atoms with E-state index in [9.17, 15) is 5.21 Å². The number of nitriles is 2. The lowest BCUT2D eigenvalue weighted by Crippen LogP contribution is -2.32. The molecular weight excluding hydrogens is 290 g/mol. The predicted molar refractivity (Wildman–Crippen MR) is 81.3 cm³/mol. The number of nitrogens with zero attached hydrogens (tertiary/aromatic N) is 5. The number of hydrogen-bond acceptors (Lipinski definition) is 5. The lowest BCUT2D eigenvalue weighted by molar-refractivity contribution is -0.582. The maximum Gasteiger partial charge on any atom is 0.242 e. The van der Waals surface area contributed by atoms with Crippen LogP contribution in [0, 0.1) is 27.9 Å². The molecule has 3 heterocycles. The molecule has 0 fully saturated rings.